The fourth-order valence-corrected chi connectivity index (χ4v) is 1.15. The van der Waals surface area contributed by atoms with Gasteiger partial charge in [0.2, 0.25) is 0 Å². The Balaban J connectivity index is 3.03. The molecule has 0 bridgehead atoms. The monoisotopic (exact) mass is 183 g/mol. The number of rotatable bonds is 3. The molecule has 0 fully saturated rings. The second kappa shape index (κ2) is 3.79. The summed E-state index contributed by atoms with van der Waals surface area (Å²) in [6, 6.07) is 0. The van der Waals surface area contributed by atoms with Crippen LogP contribution in [0.1, 0.15) is 19.5 Å². The van der Waals surface area contributed by atoms with Gasteiger partial charge in [0.15, 0.2) is 5.67 Å². The van der Waals surface area contributed by atoms with Gasteiger partial charge in [-0.2, -0.15) is 0 Å². The Morgan fingerprint density at radius 3 is 2.62 bits per heavy atom. The van der Waals surface area contributed by atoms with Gasteiger partial charge in [-0.25, -0.2) is 4.39 Å². The number of nitrogens with zero attached hydrogens (tertiary/aromatic N) is 2. The fraction of sp³-hybridized carbons (Fsp3) is 0.556. The van der Waals surface area contributed by atoms with E-state index >= 15 is 0 Å². The maximum absolute atomic E-state index is 14.1. The lowest BCUT2D eigenvalue weighted by Gasteiger charge is -2.26. The minimum atomic E-state index is -1.56. The SMILES string of the molecule is CC(C)C(F)(CN)c1cnccn1. The van der Waals surface area contributed by atoms with Crippen molar-refractivity contribution in [1.82, 2.24) is 9.97 Å². The Bertz CT molecular complexity index is 263. The molecule has 1 aromatic rings. The van der Waals surface area contributed by atoms with Crippen LogP contribution in [-0.4, -0.2) is 16.5 Å². The molecule has 0 aliphatic carbocycles. The van der Waals surface area contributed by atoms with Crippen LogP contribution in [0.25, 0.3) is 0 Å². The zero-order valence-electron chi connectivity index (χ0n) is 7.87. The molecule has 2 N–H and O–H groups in total. The average molecular weight is 183 g/mol. The number of aromatic nitrogens is 2. The Hall–Kier alpha value is -1.03. The van der Waals surface area contributed by atoms with E-state index in [-0.39, 0.29) is 12.5 Å². The first-order chi connectivity index (χ1) is 6.11. The summed E-state index contributed by atoms with van der Waals surface area (Å²) in [5.41, 5.74) is 4.15. The number of hydrogen-bond donors (Lipinski definition) is 1. The van der Waals surface area contributed by atoms with Crippen LogP contribution in [-0.2, 0) is 5.67 Å². The van der Waals surface area contributed by atoms with E-state index in [0.29, 0.717) is 5.69 Å². The second-order valence-corrected chi connectivity index (χ2v) is 3.31. The Labute approximate surface area is 77.2 Å². The summed E-state index contributed by atoms with van der Waals surface area (Å²) in [6.07, 6.45) is 4.41. The molecule has 0 saturated heterocycles. The van der Waals surface area contributed by atoms with E-state index in [1.165, 1.54) is 18.6 Å². The highest BCUT2D eigenvalue weighted by Gasteiger charge is 2.35. The highest BCUT2D eigenvalue weighted by molar-refractivity contribution is 5.10. The Kier molecular flexibility index (Phi) is 2.93. The highest BCUT2D eigenvalue weighted by Crippen LogP contribution is 2.30. The summed E-state index contributed by atoms with van der Waals surface area (Å²) in [5, 5.41) is 0. The van der Waals surface area contributed by atoms with Gasteiger partial charge in [-0.1, -0.05) is 13.8 Å². The van der Waals surface area contributed by atoms with Crippen molar-refractivity contribution in [2.75, 3.05) is 6.54 Å². The van der Waals surface area contributed by atoms with Crippen LogP contribution in [0.3, 0.4) is 0 Å². The van der Waals surface area contributed by atoms with Crippen molar-refractivity contribution in [3.63, 3.8) is 0 Å². The lowest BCUT2D eigenvalue weighted by molar-refractivity contribution is 0.103. The van der Waals surface area contributed by atoms with Crippen molar-refractivity contribution in [2.45, 2.75) is 19.5 Å². The summed E-state index contributed by atoms with van der Waals surface area (Å²) >= 11 is 0. The molecule has 4 heteroatoms. The minimum Gasteiger partial charge on any atom is -0.327 e. The first-order valence-electron chi connectivity index (χ1n) is 4.26. The van der Waals surface area contributed by atoms with E-state index in [4.69, 9.17) is 5.73 Å². The minimum absolute atomic E-state index is 0.0661. The summed E-state index contributed by atoms with van der Waals surface area (Å²) in [5.74, 6) is -0.200. The lowest BCUT2D eigenvalue weighted by atomic mass is 9.89. The zero-order valence-corrected chi connectivity index (χ0v) is 7.87. The van der Waals surface area contributed by atoms with Gasteiger partial charge in [-0.05, 0) is 5.92 Å². The number of alkyl halides is 1. The van der Waals surface area contributed by atoms with Gasteiger partial charge in [-0.15, -0.1) is 0 Å². The molecule has 0 saturated carbocycles. The molecule has 1 aromatic heterocycles. The lowest BCUT2D eigenvalue weighted by Crippen LogP contribution is -2.36. The van der Waals surface area contributed by atoms with Crippen molar-refractivity contribution in [2.24, 2.45) is 11.7 Å². The third-order valence-electron chi connectivity index (χ3n) is 2.20. The summed E-state index contributed by atoms with van der Waals surface area (Å²) < 4.78 is 14.1. The van der Waals surface area contributed by atoms with Crippen molar-refractivity contribution in [3.8, 4) is 0 Å². The molecule has 0 radical (unpaired) electrons. The predicted molar refractivity (Wildman–Crippen MR) is 48.7 cm³/mol. The molecule has 13 heavy (non-hydrogen) atoms. The average Bonchev–Trinajstić information content (AvgIpc) is 2.17. The largest absolute Gasteiger partial charge is 0.327 e. The van der Waals surface area contributed by atoms with E-state index in [0.717, 1.165) is 0 Å². The van der Waals surface area contributed by atoms with Crippen molar-refractivity contribution in [3.05, 3.63) is 24.3 Å². The van der Waals surface area contributed by atoms with Gasteiger partial charge in [0, 0.05) is 18.9 Å². The molecule has 1 atom stereocenters. The molecule has 0 aliphatic heterocycles. The molecular formula is C9H14FN3. The first-order valence-corrected chi connectivity index (χ1v) is 4.26. The zero-order chi connectivity index (χ0) is 9.90. The first kappa shape index (κ1) is 10.1. The number of hydrogen-bond acceptors (Lipinski definition) is 3. The maximum atomic E-state index is 14.1. The molecule has 0 spiro atoms. The van der Waals surface area contributed by atoms with Crippen molar-refractivity contribution in [1.29, 1.82) is 0 Å². The third-order valence-corrected chi connectivity index (χ3v) is 2.20. The van der Waals surface area contributed by atoms with Crippen molar-refractivity contribution < 1.29 is 4.39 Å². The van der Waals surface area contributed by atoms with E-state index in [9.17, 15) is 4.39 Å². The van der Waals surface area contributed by atoms with Gasteiger partial charge < -0.3 is 5.73 Å². The van der Waals surface area contributed by atoms with Crippen molar-refractivity contribution >= 4 is 0 Å². The van der Waals surface area contributed by atoms with Crippen LogP contribution in [0.15, 0.2) is 18.6 Å². The van der Waals surface area contributed by atoms with Crippen LogP contribution >= 0.6 is 0 Å². The van der Waals surface area contributed by atoms with Gasteiger partial charge >= 0.3 is 0 Å². The summed E-state index contributed by atoms with van der Waals surface area (Å²) in [4.78, 5) is 7.75. The van der Waals surface area contributed by atoms with Crippen LogP contribution in [0.5, 0.6) is 0 Å². The van der Waals surface area contributed by atoms with E-state index in [2.05, 4.69) is 9.97 Å². The number of nitrogens with two attached hydrogens (primary N) is 1. The van der Waals surface area contributed by atoms with Crippen LogP contribution in [0, 0.1) is 5.92 Å². The quantitative estimate of drug-likeness (QED) is 0.767. The predicted octanol–water partition coefficient (Wildman–Crippen LogP) is 1.26. The van der Waals surface area contributed by atoms with Crippen LogP contribution in [0.2, 0.25) is 0 Å². The summed E-state index contributed by atoms with van der Waals surface area (Å²) in [7, 11) is 0. The fourth-order valence-electron chi connectivity index (χ4n) is 1.15. The molecular weight excluding hydrogens is 169 g/mol. The van der Waals surface area contributed by atoms with Gasteiger partial charge in [0.1, 0.15) is 0 Å². The molecule has 0 aliphatic rings. The molecule has 72 valence electrons. The molecule has 0 aromatic carbocycles. The molecule has 1 heterocycles. The smallest absolute Gasteiger partial charge is 0.168 e. The molecule has 1 rings (SSSR count). The maximum Gasteiger partial charge on any atom is 0.168 e. The molecule has 3 nitrogen and oxygen atoms in total. The topological polar surface area (TPSA) is 51.8 Å². The standard InChI is InChI=1S/C9H14FN3/c1-7(2)9(10,6-11)8-5-12-3-4-13-8/h3-5,7H,6,11H2,1-2H3. The Morgan fingerprint density at radius 2 is 2.23 bits per heavy atom. The van der Waals surface area contributed by atoms with E-state index < -0.39 is 5.67 Å². The Morgan fingerprint density at radius 1 is 1.54 bits per heavy atom. The second-order valence-electron chi connectivity index (χ2n) is 3.31. The third kappa shape index (κ3) is 1.83. The van der Waals surface area contributed by atoms with E-state index in [1.54, 1.807) is 13.8 Å². The molecule has 1 unspecified atom stereocenters. The number of halogens is 1. The highest BCUT2D eigenvalue weighted by atomic mass is 19.1. The van der Waals surface area contributed by atoms with Gasteiger partial charge in [-0.3, -0.25) is 9.97 Å². The van der Waals surface area contributed by atoms with Gasteiger partial charge in [0.05, 0.1) is 11.9 Å². The van der Waals surface area contributed by atoms with Crippen LogP contribution in [0.4, 0.5) is 4.39 Å². The normalized spacial score (nSPS) is 15.8. The molecule has 0 amide bonds. The van der Waals surface area contributed by atoms with Crippen LogP contribution < -0.4 is 5.73 Å². The summed E-state index contributed by atoms with van der Waals surface area (Å²) in [6.45, 7) is 3.49. The van der Waals surface area contributed by atoms with Gasteiger partial charge in [0.25, 0.3) is 0 Å². The van der Waals surface area contributed by atoms with E-state index in [1.807, 2.05) is 0 Å².